The first-order valence-electron chi connectivity index (χ1n) is 7.22. The number of carbonyl (C=O) groups excluding carboxylic acids is 1. The Hall–Kier alpha value is -2.11. The van der Waals surface area contributed by atoms with Crippen molar-refractivity contribution in [3.8, 4) is 6.07 Å². The van der Waals surface area contributed by atoms with Gasteiger partial charge in [0.05, 0.1) is 16.9 Å². The molecule has 6 nitrogen and oxygen atoms in total. The molecule has 2 N–H and O–H groups in total. The van der Waals surface area contributed by atoms with Crippen molar-refractivity contribution in [2.75, 3.05) is 10.6 Å². The van der Waals surface area contributed by atoms with Gasteiger partial charge in [-0.25, -0.2) is 0 Å². The third-order valence-corrected chi connectivity index (χ3v) is 5.26. The molecule has 1 saturated carbocycles. The molecule has 1 aromatic carbocycles. The smallest absolute Gasteiger partial charge is 0.237 e. The van der Waals surface area contributed by atoms with Crippen LogP contribution in [0.1, 0.15) is 25.3 Å². The molecule has 1 amide bonds. The molecular weight excluding hydrogens is 330 g/mol. The lowest BCUT2D eigenvalue weighted by Crippen LogP contribution is -2.22. The summed E-state index contributed by atoms with van der Waals surface area (Å²) in [6, 6.07) is 9.44. The summed E-state index contributed by atoms with van der Waals surface area (Å²) in [5, 5.41) is 23.7. The largest absolute Gasteiger partial charge is 0.357 e. The lowest BCUT2D eigenvalue weighted by atomic mass is 10.2. The molecule has 1 fully saturated rings. The van der Waals surface area contributed by atoms with Crippen molar-refractivity contribution in [2.24, 2.45) is 0 Å². The number of anilines is 2. The van der Waals surface area contributed by atoms with Gasteiger partial charge in [0.1, 0.15) is 0 Å². The van der Waals surface area contributed by atoms with Crippen LogP contribution in [0.2, 0.25) is 0 Å². The number of hydrogen-bond donors (Lipinski definition) is 2. The monoisotopic (exact) mass is 345 g/mol. The Morgan fingerprint density at radius 2 is 2.30 bits per heavy atom. The van der Waals surface area contributed by atoms with E-state index in [0.717, 1.165) is 9.47 Å². The summed E-state index contributed by atoms with van der Waals surface area (Å²) in [6.07, 6.45) is 2.37. The molecule has 1 aliphatic carbocycles. The second-order valence-electron chi connectivity index (χ2n) is 5.23. The molecule has 0 bridgehead atoms. The predicted molar refractivity (Wildman–Crippen MR) is 91.7 cm³/mol. The highest BCUT2D eigenvalue weighted by atomic mass is 32.2. The van der Waals surface area contributed by atoms with Crippen LogP contribution >= 0.6 is 23.1 Å². The first-order chi connectivity index (χ1) is 11.1. The first-order valence-corrected chi connectivity index (χ1v) is 8.91. The molecule has 1 aliphatic rings. The molecule has 0 saturated heterocycles. The molecule has 8 heteroatoms. The van der Waals surface area contributed by atoms with Gasteiger partial charge in [-0.3, -0.25) is 4.79 Å². The molecule has 0 radical (unpaired) electrons. The van der Waals surface area contributed by atoms with Crippen LogP contribution in [-0.4, -0.2) is 27.4 Å². The second-order valence-corrected chi connectivity index (χ2v) is 7.80. The number of rotatable bonds is 6. The zero-order valence-corrected chi connectivity index (χ0v) is 14.1. The van der Waals surface area contributed by atoms with E-state index in [1.54, 1.807) is 24.3 Å². The van der Waals surface area contributed by atoms with E-state index in [1.165, 1.54) is 35.9 Å². The third kappa shape index (κ3) is 4.43. The van der Waals surface area contributed by atoms with Crippen LogP contribution in [0.3, 0.4) is 0 Å². The molecule has 1 atom stereocenters. The highest BCUT2D eigenvalue weighted by Gasteiger charge is 2.23. The van der Waals surface area contributed by atoms with Gasteiger partial charge in [0.25, 0.3) is 0 Å². The SMILES string of the molecule is CC(Sc1nnc(NC2CC2)s1)C(=O)Nc1cccc(C#N)c1. The van der Waals surface area contributed by atoms with Crippen LogP contribution in [0, 0.1) is 11.3 Å². The molecule has 0 aliphatic heterocycles. The minimum Gasteiger partial charge on any atom is -0.357 e. The highest BCUT2D eigenvalue weighted by Crippen LogP contribution is 2.32. The number of hydrogen-bond acceptors (Lipinski definition) is 7. The Morgan fingerprint density at radius 3 is 3.04 bits per heavy atom. The average molecular weight is 345 g/mol. The van der Waals surface area contributed by atoms with Crippen LogP contribution in [0.4, 0.5) is 10.8 Å². The fourth-order valence-corrected chi connectivity index (χ4v) is 3.81. The molecule has 3 rings (SSSR count). The summed E-state index contributed by atoms with van der Waals surface area (Å²) in [5.41, 5.74) is 1.14. The van der Waals surface area contributed by atoms with E-state index in [1.807, 2.05) is 6.92 Å². The van der Waals surface area contributed by atoms with Gasteiger partial charge in [0.2, 0.25) is 11.0 Å². The van der Waals surface area contributed by atoms with E-state index in [-0.39, 0.29) is 11.2 Å². The van der Waals surface area contributed by atoms with Crippen molar-refractivity contribution >= 4 is 39.8 Å². The summed E-state index contributed by atoms with van der Waals surface area (Å²) in [5.74, 6) is -0.128. The summed E-state index contributed by atoms with van der Waals surface area (Å²) >= 11 is 2.84. The van der Waals surface area contributed by atoms with Gasteiger partial charge in [-0.15, -0.1) is 10.2 Å². The van der Waals surface area contributed by atoms with Crippen molar-refractivity contribution in [1.82, 2.24) is 10.2 Å². The highest BCUT2D eigenvalue weighted by molar-refractivity contribution is 8.02. The standard InChI is InChI=1S/C15H15N5OS2/c1-9(13(21)17-12-4-2-3-10(7-12)8-16)22-15-20-19-14(23-15)18-11-5-6-11/h2-4,7,9,11H,5-6H2,1H3,(H,17,21)(H,18,19). The van der Waals surface area contributed by atoms with E-state index in [9.17, 15) is 4.79 Å². The Morgan fingerprint density at radius 1 is 1.48 bits per heavy atom. The minimum atomic E-state index is -0.303. The van der Waals surface area contributed by atoms with Gasteiger partial charge >= 0.3 is 0 Å². The number of carbonyl (C=O) groups is 1. The van der Waals surface area contributed by atoms with E-state index in [4.69, 9.17) is 5.26 Å². The molecule has 118 valence electrons. The number of nitrogens with zero attached hydrogens (tertiary/aromatic N) is 3. The number of thioether (sulfide) groups is 1. The molecule has 1 heterocycles. The van der Waals surface area contributed by atoms with Gasteiger partial charge in [0.15, 0.2) is 4.34 Å². The number of nitriles is 1. The topological polar surface area (TPSA) is 90.7 Å². The van der Waals surface area contributed by atoms with E-state index >= 15 is 0 Å². The zero-order valence-electron chi connectivity index (χ0n) is 12.4. The van der Waals surface area contributed by atoms with Gasteiger partial charge < -0.3 is 10.6 Å². The van der Waals surface area contributed by atoms with Gasteiger partial charge in [-0.05, 0) is 38.0 Å². The van der Waals surface area contributed by atoms with E-state index in [0.29, 0.717) is 17.3 Å². The Bertz CT molecular complexity index is 750. The lowest BCUT2D eigenvalue weighted by molar-refractivity contribution is -0.115. The number of benzene rings is 1. The second kappa shape index (κ2) is 6.98. The van der Waals surface area contributed by atoms with Crippen molar-refractivity contribution < 1.29 is 4.79 Å². The number of amides is 1. The Labute approximate surface area is 142 Å². The molecule has 2 aromatic rings. The zero-order chi connectivity index (χ0) is 16.2. The van der Waals surface area contributed by atoms with Crippen molar-refractivity contribution in [1.29, 1.82) is 5.26 Å². The Kier molecular flexibility index (Phi) is 4.79. The van der Waals surface area contributed by atoms with E-state index < -0.39 is 0 Å². The summed E-state index contributed by atoms with van der Waals surface area (Å²) < 4.78 is 0.765. The minimum absolute atomic E-state index is 0.128. The van der Waals surface area contributed by atoms with Gasteiger partial charge in [0, 0.05) is 11.7 Å². The van der Waals surface area contributed by atoms with Crippen LogP contribution in [0.5, 0.6) is 0 Å². The van der Waals surface area contributed by atoms with Crippen LogP contribution < -0.4 is 10.6 Å². The molecule has 1 unspecified atom stereocenters. The number of aromatic nitrogens is 2. The van der Waals surface area contributed by atoms with E-state index in [2.05, 4.69) is 26.9 Å². The molecule has 1 aromatic heterocycles. The van der Waals surface area contributed by atoms with Gasteiger partial charge in [-0.1, -0.05) is 29.2 Å². The fraction of sp³-hybridized carbons (Fsp3) is 0.333. The quantitative estimate of drug-likeness (QED) is 0.782. The summed E-state index contributed by atoms with van der Waals surface area (Å²) in [4.78, 5) is 12.2. The first kappa shape index (κ1) is 15.8. The average Bonchev–Trinajstić information content (AvgIpc) is 3.25. The summed E-state index contributed by atoms with van der Waals surface area (Å²) in [7, 11) is 0. The Balaban J connectivity index is 1.56. The fourth-order valence-electron chi connectivity index (χ4n) is 1.83. The molecule has 0 spiro atoms. The molecular formula is C15H15N5OS2. The van der Waals surface area contributed by atoms with Gasteiger partial charge in [-0.2, -0.15) is 5.26 Å². The maximum absolute atomic E-state index is 12.2. The normalized spacial score (nSPS) is 14.8. The van der Waals surface area contributed by atoms with Crippen molar-refractivity contribution in [3.05, 3.63) is 29.8 Å². The lowest BCUT2D eigenvalue weighted by Gasteiger charge is -2.10. The predicted octanol–water partition coefficient (Wildman–Crippen LogP) is 3.10. The van der Waals surface area contributed by atoms with Crippen molar-refractivity contribution in [2.45, 2.75) is 35.4 Å². The van der Waals surface area contributed by atoms with Crippen LogP contribution in [-0.2, 0) is 4.79 Å². The van der Waals surface area contributed by atoms with Crippen molar-refractivity contribution in [3.63, 3.8) is 0 Å². The molecule has 23 heavy (non-hydrogen) atoms. The third-order valence-electron chi connectivity index (χ3n) is 3.22. The number of nitrogens with one attached hydrogen (secondary N) is 2. The maximum atomic E-state index is 12.2. The maximum Gasteiger partial charge on any atom is 0.237 e. The summed E-state index contributed by atoms with van der Waals surface area (Å²) in [6.45, 7) is 1.82. The van der Waals surface area contributed by atoms with Crippen LogP contribution in [0.15, 0.2) is 28.6 Å². The van der Waals surface area contributed by atoms with Crippen LogP contribution in [0.25, 0.3) is 0 Å².